The first kappa shape index (κ1) is 13.4. The van der Waals surface area contributed by atoms with Gasteiger partial charge in [-0.15, -0.1) is 0 Å². The molecule has 5 nitrogen and oxygen atoms in total. The molecule has 1 atom stereocenters. The molecule has 0 radical (unpaired) electrons. The van der Waals surface area contributed by atoms with Gasteiger partial charge in [0.1, 0.15) is 0 Å². The maximum absolute atomic E-state index is 11.8. The first-order chi connectivity index (χ1) is 6.49. The van der Waals surface area contributed by atoms with Crippen LogP contribution in [0.5, 0.6) is 0 Å². The van der Waals surface area contributed by atoms with Crippen LogP contribution in [0.1, 0.15) is 20.3 Å². The van der Waals surface area contributed by atoms with Gasteiger partial charge in [-0.25, -0.2) is 0 Å². The highest BCUT2D eigenvalue weighted by atomic mass is 16.3. The van der Waals surface area contributed by atoms with Gasteiger partial charge < -0.3 is 20.8 Å². The van der Waals surface area contributed by atoms with Crippen LogP contribution in [0, 0.1) is 0 Å². The summed E-state index contributed by atoms with van der Waals surface area (Å²) in [6.07, 6.45) is 0.527. The lowest BCUT2D eigenvalue weighted by Gasteiger charge is -2.30. The summed E-state index contributed by atoms with van der Waals surface area (Å²) in [6, 6.07) is 0. The summed E-state index contributed by atoms with van der Waals surface area (Å²) in [5, 5.41) is 17.5. The van der Waals surface area contributed by atoms with Crippen molar-refractivity contribution >= 4 is 5.91 Å². The molecule has 0 aliphatic heterocycles. The zero-order valence-corrected chi connectivity index (χ0v) is 8.86. The number of carbonyl (C=O) groups is 1. The monoisotopic (exact) mass is 204 g/mol. The van der Waals surface area contributed by atoms with E-state index >= 15 is 0 Å². The Morgan fingerprint density at radius 3 is 2.07 bits per heavy atom. The fraction of sp³-hybridized carbons (Fsp3) is 0.889. The predicted molar refractivity (Wildman–Crippen MR) is 53.6 cm³/mol. The zero-order chi connectivity index (χ0) is 11.2. The Hall–Kier alpha value is -0.650. The fourth-order valence-electron chi connectivity index (χ4n) is 1.07. The molecule has 0 aliphatic carbocycles. The zero-order valence-electron chi connectivity index (χ0n) is 8.86. The molecule has 0 aliphatic rings. The minimum atomic E-state index is -0.912. The molecular formula is C9H20N2O3. The third kappa shape index (κ3) is 3.61. The summed E-state index contributed by atoms with van der Waals surface area (Å²) in [5.74, 6) is -0.233. The van der Waals surface area contributed by atoms with Crippen molar-refractivity contribution in [3.63, 3.8) is 0 Å². The van der Waals surface area contributed by atoms with Crippen LogP contribution < -0.4 is 5.73 Å². The molecule has 0 saturated carbocycles. The highest BCUT2D eigenvalue weighted by molar-refractivity contribution is 5.85. The van der Waals surface area contributed by atoms with Crippen LogP contribution in [0.15, 0.2) is 0 Å². The standard InChI is InChI=1S/C9H20N2O3/c1-3-9(2,10)8(14)11(4-6-12)5-7-13/h12-13H,3-7,10H2,1-2H3. The van der Waals surface area contributed by atoms with Crippen molar-refractivity contribution in [1.29, 1.82) is 0 Å². The average molecular weight is 204 g/mol. The average Bonchev–Trinajstić information content (AvgIpc) is 2.16. The SMILES string of the molecule is CCC(C)(N)C(=O)N(CCO)CCO. The quantitative estimate of drug-likeness (QED) is 0.514. The lowest BCUT2D eigenvalue weighted by molar-refractivity contribution is -0.137. The van der Waals surface area contributed by atoms with E-state index in [2.05, 4.69) is 0 Å². The van der Waals surface area contributed by atoms with Crippen molar-refractivity contribution in [1.82, 2.24) is 4.90 Å². The molecule has 0 aromatic carbocycles. The van der Waals surface area contributed by atoms with Crippen LogP contribution in [-0.2, 0) is 4.79 Å². The summed E-state index contributed by atoms with van der Waals surface area (Å²) in [5.41, 5.74) is 4.85. The van der Waals surface area contributed by atoms with E-state index in [4.69, 9.17) is 15.9 Å². The fourth-order valence-corrected chi connectivity index (χ4v) is 1.07. The van der Waals surface area contributed by atoms with E-state index in [1.165, 1.54) is 4.90 Å². The third-order valence-corrected chi connectivity index (χ3v) is 2.25. The lowest BCUT2D eigenvalue weighted by Crippen LogP contribution is -2.54. The minimum absolute atomic E-state index is 0.120. The first-order valence-corrected chi connectivity index (χ1v) is 4.79. The Morgan fingerprint density at radius 2 is 1.79 bits per heavy atom. The molecule has 84 valence electrons. The van der Waals surface area contributed by atoms with Gasteiger partial charge in [-0.2, -0.15) is 0 Å². The third-order valence-electron chi connectivity index (χ3n) is 2.25. The molecule has 1 unspecified atom stereocenters. The largest absolute Gasteiger partial charge is 0.395 e. The number of nitrogens with two attached hydrogens (primary N) is 1. The topological polar surface area (TPSA) is 86.8 Å². The highest BCUT2D eigenvalue weighted by Gasteiger charge is 2.30. The summed E-state index contributed by atoms with van der Waals surface area (Å²) in [7, 11) is 0. The highest BCUT2D eigenvalue weighted by Crippen LogP contribution is 2.09. The van der Waals surface area contributed by atoms with E-state index < -0.39 is 5.54 Å². The molecule has 0 aromatic heterocycles. The van der Waals surface area contributed by atoms with E-state index in [0.717, 1.165) is 0 Å². The van der Waals surface area contributed by atoms with Crippen molar-refractivity contribution < 1.29 is 15.0 Å². The van der Waals surface area contributed by atoms with Gasteiger partial charge in [0.05, 0.1) is 18.8 Å². The molecule has 1 amide bonds. The summed E-state index contributed by atoms with van der Waals surface area (Å²) in [4.78, 5) is 13.1. The van der Waals surface area contributed by atoms with E-state index in [1.54, 1.807) is 6.92 Å². The lowest BCUT2D eigenvalue weighted by atomic mass is 9.98. The molecule has 0 spiro atoms. The van der Waals surface area contributed by atoms with Gasteiger partial charge >= 0.3 is 0 Å². The van der Waals surface area contributed by atoms with Gasteiger partial charge in [-0.1, -0.05) is 6.92 Å². The number of aliphatic hydroxyl groups is 2. The van der Waals surface area contributed by atoms with Crippen LogP contribution in [-0.4, -0.2) is 52.9 Å². The second kappa shape index (κ2) is 5.95. The van der Waals surface area contributed by atoms with Gasteiger partial charge in [-0.05, 0) is 13.3 Å². The number of carbonyl (C=O) groups excluding carboxylic acids is 1. The summed E-state index contributed by atoms with van der Waals surface area (Å²) >= 11 is 0. The van der Waals surface area contributed by atoms with Gasteiger partial charge in [0.15, 0.2) is 0 Å². The molecule has 5 heteroatoms. The number of hydrogen-bond acceptors (Lipinski definition) is 4. The van der Waals surface area contributed by atoms with Gasteiger partial charge in [-0.3, -0.25) is 4.79 Å². The number of rotatable bonds is 6. The van der Waals surface area contributed by atoms with Crippen LogP contribution >= 0.6 is 0 Å². The molecule has 0 fully saturated rings. The second-order valence-electron chi connectivity index (χ2n) is 3.51. The van der Waals surface area contributed by atoms with Gasteiger partial charge in [0.2, 0.25) is 5.91 Å². The van der Waals surface area contributed by atoms with Crippen molar-refractivity contribution in [2.45, 2.75) is 25.8 Å². The molecule has 0 aromatic rings. The van der Waals surface area contributed by atoms with E-state index in [-0.39, 0.29) is 32.2 Å². The molecule has 0 saturated heterocycles. The second-order valence-corrected chi connectivity index (χ2v) is 3.51. The number of nitrogens with zero attached hydrogens (tertiary/aromatic N) is 1. The Balaban J connectivity index is 4.41. The van der Waals surface area contributed by atoms with E-state index in [1.807, 2.05) is 6.92 Å². The Labute approximate surface area is 84.5 Å². The van der Waals surface area contributed by atoms with Gasteiger partial charge in [0, 0.05) is 13.1 Å². The van der Waals surface area contributed by atoms with Crippen molar-refractivity contribution in [2.75, 3.05) is 26.3 Å². The molecule has 4 N–H and O–H groups in total. The number of aliphatic hydroxyl groups excluding tert-OH is 2. The van der Waals surface area contributed by atoms with Crippen LogP contribution in [0.3, 0.4) is 0 Å². The maximum Gasteiger partial charge on any atom is 0.242 e. The molecule has 0 rings (SSSR count). The Morgan fingerprint density at radius 1 is 1.36 bits per heavy atom. The van der Waals surface area contributed by atoms with Crippen molar-refractivity contribution in [2.24, 2.45) is 5.73 Å². The first-order valence-electron chi connectivity index (χ1n) is 4.79. The van der Waals surface area contributed by atoms with Crippen LogP contribution in [0.2, 0.25) is 0 Å². The molecule has 0 bridgehead atoms. The Bertz CT molecular complexity index is 177. The molecular weight excluding hydrogens is 184 g/mol. The van der Waals surface area contributed by atoms with Crippen LogP contribution in [0.25, 0.3) is 0 Å². The predicted octanol–water partition coefficient (Wildman–Crippen LogP) is -1.07. The number of hydrogen-bond donors (Lipinski definition) is 3. The molecule has 0 heterocycles. The number of amides is 1. The van der Waals surface area contributed by atoms with Crippen LogP contribution in [0.4, 0.5) is 0 Å². The van der Waals surface area contributed by atoms with Gasteiger partial charge in [0.25, 0.3) is 0 Å². The summed E-state index contributed by atoms with van der Waals surface area (Å²) in [6.45, 7) is 3.67. The van der Waals surface area contributed by atoms with Crippen molar-refractivity contribution in [3.8, 4) is 0 Å². The molecule has 14 heavy (non-hydrogen) atoms. The minimum Gasteiger partial charge on any atom is -0.395 e. The van der Waals surface area contributed by atoms with E-state index in [9.17, 15) is 4.79 Å². The Kier molecular flexibility index (Phi) is 5.68. The van der Waals surface area contributed by atoms with Crippen molar-refractivity contribution in [3.05, 3.63) is 0 Å². The smallest absolute Gasteiger partial charge is 0.242 e. The normalized spacial score (nSPS) is 14.9. The maximum atomic E-state index is 11.8. The van der Waals surface area contributed by atoms with E-state index in [0.29, 0.717) is 6.42 Å². The summed E-state index contributed by atoms with van der Waals surface area (Å²) < 4.78 is 0.